The van der Waals surface area contributed by atoms with Crippen LogP contribution in [0, 0.1) is 5.82 Å². The van der Waals surface area contributed by atoms with Gasteiger partial charge in [0.2, 0.25) is 5.91 Å². The van der Waals surface area contributed by atoms with Crippen LogP contribution < -0.4 is 10.1 Å². The third-order valence-electron chi connectivity index (χ3n) is 3.99. The molecule has 3 rings (SSSR count). The highest BCUT2D eigenvalue weighted by molar-refractivity contribution is 5.91. The van der Waals surface area contributed by atoms with E-state index in [0.29, 0.717) is 16.9 Å². The largest absolute Gasteiger partial charge is 0.453 e. The molecule has 0 atom stereocenters. The number of amides is 1. The minimum Gasteiger partial charge on any atom is -0.453 e. The molecule has 0 radical (unpaired) electrons. The van der Waals surface area contributed by atoms with E-state index in [1.807, 2.05) is 0 Å². The molecule has 2 aromatic carbocycles. The van der Waals surface area contributed by atoms with Crippen LogP contribution in [0.2, 0.25) is 0 Å². The molecule has 0 aliphatic rings. The van der Waals surface area contributed by atoms with Gasteiger partial charge in [0.05, 0.1) is 11.8 Å². The molecule has 1 aromatic heterocycles. The first kappa shape index (κ1) is 21.0. The van der Waals surface area contributed by atoms with Crippen molar-refractivity contribution in [2.45, 2.75) is 12.7 Å². The molecule has 0 spiro atoms. The summed E-state index contributed by atoms with van der Waals surface area (Å²) in [5.74, 6) is -0.661. The minimum atomic E-state index is -4.40. The van der Waals surface area contributed by atoms with Crippen molar-refractivity contribution in [2.75, 3.05) is 0 Å². The third-order valence-corrected chi connectivity index (χ3v) is 3.99. The summed E-state index contributed by atoms with van der Waals surface area (Å²) in [6.07, 6.45) is 1.24. The molecular formula is C22H16F4N2O2. The summed E-state index contributed by atoms with van der Waals surface area (Å²) in [7, 11) is 0. The van der Waals surface area contributed by atoms with Gasteiger partial charge >= 0.3 is 6.18 Å². The molecule has 0 unspecified atom stereocenters. The SMILES string of the molecule is O=C(/C=C/c1ccc(Oc2cccnc2)c(F)c1)NCc1ccc(C(F)(F)F)cc1. The Morgan fingerprint density at radius 2 is 1.87 bits per heavy atom. The number of alkyl halides is 3. The maximum atomic E-state index is 14.2. The molecule has 0 aliphatic heterocycles. The molecule has 3 aromatic rings. The van der Waals surface area contributed by atoms with E-state index in [1.54, 1.807) is 24.4 Å². The Bertz CT molecular complexity index is 1030. The van der Waals surface area contributed by atoms with Crippen molar-refractivity contribution in [2.24, 2.45) is 0 Å². The van der Waals surface area contributed by atoms with Crippen LogP contribution in [0.25, 0.3) is 6.08 Å². The summed E-state index contributed by atoms with van der Waals surface area (Å²) >= 11 is 0. The van der Waals surface area contributed by atoms with E-state index in [2.05, 4.69) is 10.3 Å². The quantitative estimate of drug-likeness (QED) is 0.435. The van der Waals surface area contributed by atoms with Gasteiger partial charge in [0, 0.05) is 18.8 Å². The van der Waals surface area contributed by atoms with Crippen molar-refractivity contribution in [3.63, 3.8) is 0 Å². The Morgan fingerprint density at radius 1 is 1.10 bits per heavy atom. The fraction of sp³-hybridized carbons (Fsp3) is 0.0909. The Hall–Kier alpha value is -3.68. The number of benzene rings is 2. The third kappa shape index (κ3) is 5.91. The van der Waals surface area contributed by atoms with Crippen molar-refractivity contribution < 1.29 is 27.1 Å². The first-order chi connectivity index (χ1) is 14.3. The van der Waals surface area contributed by atoms with E-state index in [0.717, 1.165) is 12.1 Å². The molecule has 0 saturated carbocycles. The van der Waals surface area contributed by atoms with Crippen LogP contribution in [0.1, 0.15) is 16.7 Å². The number of hydrogen-bond acceptors (Lipinski definition) is 3. The maximum Gasteiger partial charge on any atom is 0.416 e. The molecule has 0 bridgehead atoms. The number of rotatable bonds is 6. The molecule has 0 fully saturated rings. The summed E-state index contributed by atoms with van der Waals surface area (Å²) < 4.78 is 57.2. The van der Waals surface area contributed by atoms with E-state index in [4.69, 9.17) is 4.74 Å². The number of nitrogens with one attached hydrogen (secondary N) is 1. The van der Waals surface area contributed by atoms with E-state index < -0.39 is 23.5 Å². The van der Waals surface area contributed by atoms with Crippen molar-refractivity contribution in [3.05, 3.63) is 95.6 Å². The topological polar surface area (TPSA) is 51.2 Å². The van der Waals surface area contributed by atoms with Gasteiger partial charge in [0.25, 0.3) is 0 Å². The summed E-state index contributed by atoms with van der Waals surface area (Å²) in [5.41, 5.74) is 0.207. The molecule has 4 nitrogen and oxygen atoms in total. The molecule has 0 aliphatic carbocycles. The average Bonchev–Trinajstić information content (AvgIpc) is 2.73. The fourth-order valence-corrected chi connectivity index (χ4v) is 2.47. The Kier molecular flexibility index (Phi) is 6.46. The summed E-state index contributed by atoms with van der Waals surface area (Å²) in [4.78, 5) is 15.8. The van der Waals surface area contributed by atoms with Gasteiger partial charge in [0.1, 0.15) is 5.75 Å². The molecule has 154 valence electrons. The monoisotopic (exact) mass is 416 g/mol. The zero-order valence-electron chi connectivity index (χ0n) is 15.5. The lowest BCUT2D eigenvalue weighted by Gasteiger charge is -2.08. The predicted octanol–water partition coefficient (Wildman–Crippen LogP) is 5.36. The van der Waals surface area contributed by atoms with Crippen LogP contribution in [0.15, 0.2) is 73.1 Å². The van der Waals surface area contributed by atoms with Gasteiger partial charge in [-0.3, -0.25) is 9.78 Å². The molecule has 1 amide bonds. The average molecular weight is 416 g/mol. The maximum absolute atomic E-state index is 14.2. The van der Waals surface area contributed by atoms with E-state index in [-0.39, 0.29) is 12.3 Å². The van der Waals surface area contributed by atoms with E-state index in [1.165, 1.54) is 42.6 Å². The lowest BCUT2D eigenvalue weighted by Crippen LogP contribution is -2.20. The van der Waals surface area contributed by atoms with Gasteiger partial charge in [-0.25, -0.2) is 4.39 Å². The van der Waals surface area contributed by atoms with Crippen LogP contribution in [0.5, 0.6) is 11.5 Å². The van der Waals surface area contributed by atoms with Crippen molar-refractivity contribution in [1.29, 1.82) is 0 Å². The van der Waals surface area contributed by atoms with E-state index >= 15 is 0 Å². The number of nitrogens with zero attached hydrogens (tertiary/aromatic N) is 1. The number of halogens is 4. The standard InChI is InChI=1S/C22H16F4N2O2/c23-19-12-15(5-9-20(19)30-18-2-1-11-27-14-18)6-10-21(29)28-13-16-3-7-17(8-4-16)22(24,25)26/h1-12,14H,13H2,(H,28,29)/b10-6+. The molecule has 1 heterocycles. The normalized spacial score (nSPS) is 11.5. The number of pyridine rings is 1. The minimum absolute atomic E-state index is 0.0203. The second-order valence-electron chi connectivity index (χ2n) is 6.23. The number of aromatic nitrogens is 1. The van der Waals surface area contributed by atoms with Crippen molar-refractivity contribution >= 4 is 12.0 Å². The van der Waals surface area contributed by atoms with Gasteiger partial charge < -0.3 is 10.1 Å². The zero-order chi connectivity index (χ0) is 21.6. The summed E-state index contributed by atoms with van der Waals surface area (Å²) in [6, 6.07) is 12.0. The second kappa shape index (κ2) is 9.21. The first-order valence-corrected chi connectivity index (χ1v) is 8.81. The highest BCUT2D eigenvalue weighted by Gasteiger charge is 2.29. The first-order valence-electron chi connectivity index (χ1n) is 8.81. The molecule has 8 heteroatoms. The lowest BCUT2D eigenvalue weighted by molar-refractivity contribution is -0.137. The highest BCUT2D eigenvalue weighted by Crippen LogP contribution is 2.29. The summed E-state index contributed by atoms with van der Waals surface area (Å²) in [5, 5.41) is 2.55. The van der Waals surface area contributed by atoms with Crippen LogP contribution in [-0.4, -0.2) is 10.9 Å². The number of hydrogen-bond donors (Lipinski definition) is 1. The molecule has 30 heavy (non-hydrogen) atoms. The van der Waals surface area contributed by atoms with Gasteiger partial charge in [-0.05, 0) is 53.6 Å². The van der Waals surface area contributed by atoms with Crippen molar-refractivity contribution in [1.82, 2.24) is 10.3 Å². The lowest BCUT2D eigenvalue weighted by atomic mass is 10.1. The van der Waals surface area contributed by atoms with E-state index in [9.17, 15) is 22.4 Å². The fourth-order valence-electron chi connectivity index (χ4n) is 2.47. The van der Waals surface area contributed by atoms with Crippen LogP contribution in [0.3, 0.4) is 0 Å². The second-order valence-corrected chi connectivity index (χ2v) is 6.23. The van der Waals surface area contributed by atoms with Crippen LogP contribution in [-0.2, 0) is 17.5 Å². The van der Waals surface area contributed by atoms with Crippen LogP contribution >= 0.6 is 0 Å². The number of ether oxygens (including phenoxy) is 1. The summed E-state index contributed by atoms with van der Waals surface area (Å²) in [6.45, 7) is 0.0631. The van der Waals surface area contributed by atoms with Gasteiger partial charge in [-0.2, -0.15) is 13.2 Å². The van der Waals surface area contributed by atoms with Gasteiger partial charge in [0.15, 0.2) is 11.6 Å². The Morgan fingerprint density at radius 3 is 2.50 bits per heavy atom. The smallest absolute Gasteiger partial charge is 0.416 e. The number of carbonyl (C=O) groups is 1. The van der Waals surface area contributed by atoms with Crippen LogP contribution in [0.4, 0.5) is 17.6 Å². The Labute approximate surface area is 169 Å². The Balaban J connectivity index is 1.55. The number of carbonyl (C=O) groups excluding carboxylic acids is 1. The zero-order valence-corrected chi connectivity index (χ0v) is 15.5. The van der Waals surface area contributed by atoms with Gasteiger partial charge in [-0.15, -0.1) is 0 Å². The molecular weight excluding hydrogens is 400 g/mol. The predicted molar refractivity (Wildman–Crippen MR) is 103 cm³/mol. The molecule has 1 N–H and O–H groups in total. The molecule has 0 saturated heterocycles. The highest BCUT2D eigenvalue weighted by atomic mass is 19.4. The van der Waals surface area contributed by atoms with Crippen molar-refractivity contribution in [3.8, 4) is 11.5 Å². The van der Waals surface area contributed by atoms with Gasteiger partial charge in [-0.1, -0.05) is 18.2 Å².